The first-order chi connectivity index (χ1) is 8.81. The van der Waals surface area contributed by atoms with E-state index in [-0.39, 0.29) is 0 Å². The Hall–Kier alpha value is -1.09. The van der Waals surface area contributed by atoms with Crippen molar-refractivity contribution in [2.45, 2.75) is 6.54 Å². The zero-order valence-corrected chi connectivity index (χ0v) is 11.1. The minimum Gasteiger partial charge on any atom is -0.314 e. The van der Waals surface area contributed by atoms with Gasteiger partial charge >= 0.3 is 0 Å². The van der Waals surface area contributed by atoms with Crippen molar-refractivity contribution in [1.82, 2.24) is 10.2 Å². The Kier molecular flexibility index (Phi) is 3.50. The quantitative estimate of drug-likeness (QED) is 0.893. The van der Waals surface area contributed by atoms with Gasteiger partial charge in [0.2, 0.25) is 0 Å². The Morgan fingerprint density at radius 3 is 2.56 bits per heavy atom. The van der Waals surface area contributed by atoms with Crippen LogP contribution in [0.1, 0.15) is 5.56 Å². The molecule has 2 aromatic rings. The Morgan fingerprint density at radius 2 is 1.72 bits per heavy atom. The topological polar surface area (TPSA) is 15.3 Å². The van der Waals surface area contributed by atoms with Crippen LogP contribution in [-0.2, 0) is 6.54 Å². The normalized spacial score (nSPS) is 17.2. The zero-order valence-electron chi connectivity index (χ0n) is 10.3. The lowest BCUT2D eigenvalue weighted by Gasteiger charge is -2.27. The molecule has 94 valence electrons. The lowest BCUT2D eigenvalue weighted by Crippen LogP contribution is -2.42. The van der Waals surface area contributed by atoms with Crippen molar-refractivity contribution in [1.29, 1.82) is 0 Å². The highest BCUT2D eigenvalue weighted by atomic mass is 35.5. The van der Waals surface area contributed by atoms with Crippen LogP contribution >= 0.6 is 11.6 Å². The molecule has 0 bridgehead atoms. The lowest BCUT2D eigenvalue weighted by molar-refractivity contribution is 0.233. The van der Waals surface area contributed by atoms with E-state index in [1.54, 1.807) is 0 Å². The molecule has 3 heteroatoms. The van der Waals surface area contributed by atoms with Gasteiger partial charge in [0, 0.05) is 37.7 Å². The number of fused-ring (bicyclic) bond motifs is 1. The first-order valence-corrected chi connectivity index (χ1v) is 6.80. The maximum Gasteiger partial charge on any atom is 0.0412 e. The van der Waals surface area contributed by atoms with Crippen LogP contribution in [0.15, 0.2) is 36.4 Å². The molecule has 2 aromatic carbocycles. The predicted molar refractivity (Wildman–Crippen MR) is 77.1 cm³/mol. The third-order valence-corrected chi connectivity index (χ3v) is 3.72. The van der Waals surface area contributed by atoms with Crippen molar-refractivity contribution in [3.8, 4) is 0 Å². The summed E-state index contributed by atoms with van der Waals surface area (Å²) >= 11 is 6.00. The standard InChI is InChI=1S/C15H17ClN2/c16-15-4-3-13-9-12(1-2-14(13)10-15)11-18-7-5-17-6-8-18/h1-4,9-10,17H,5-8,11H2. The molecule has 0 atom stereocenters. The van der Waals surface area contributed by atoms with Crippen molar-refractivity contribution in [3.05, 3.63) is 47.0 Å². The first-order valence-electron chi connectivity index (χ1n) is 6.42. The molecule has 3 rings (SSSR count). The maximum absolute atomic E-state index is 6.00. The van der Waals surface area contributed by atoms with Gasteiger partial charge in [-0.1, -0.05) is 29.8 Å². The molecule has 18 heavy (non-hydrogen) atoms. The largest absolute Gasteiger partial charge is 0.314 e. The summed E-state index contributed by atoms with van der Waals surface area (Å²) in [6, 6.07) is 12.7. The van der Waals surface area contributed by atoms with Crippen molar-refractivity contribution < 1.29 is 0 Å². The number of piperazine rings is 1. The highest BCUT2D eigenvalue weighted by Crippen LogP contribution is 2.21. The van der Waals surface area contributed by atoms with Gasteiger partial charge in [-0.3, -0.25) is 4.90 Å². The van der Waals surface area contributed by atoms with E-state index < -0.39 is 0 Å². The predicted octanol–water partition coefficient (Wildman–Crippen LogP) is 2.90. The van der Waals surface area contributed by atoms with E-state index in [9.17, 15) is 0 Å². The van der Waals surface area contributed by atoms with Crippen LogP contribution < -0.4 is 5.32 Å². The molecule has 1 saturated heterocycles. The minimum atomic E-state index is 0.803. The number of hydrogen-bond donors (Lipinski definition) is 1. The molecule has 0 aliphatic carbocycles. The summed E-state index contributed by atoms with van der Waals surface area (Å²) in [7, 11) is 0. The van der Waals surface area contributed by atoms with Crippen LogP contribution in [0.3, 0.4) is 0 Å². The Balaban J connectivity index is 1.82. The molecule has 0 unspecified atom stereocenters. The molecule has 2 nitrogen and oxygen atoms in total. The second kappa shape index (κ2) is 5.27. The van der Waals surface area contributed by atoms with E-state index in [2.05, 4.69) is 34.5 Å². The van der Waals surface area contributed by atoms with Crippen molar-refractivity contribution in [3.63, 3.8) is 0 Å². The molecule has 0 aromatic heterocycles. The third kappa shape index (κ3) is 2.66. The number of nitrogens with one attached hydrogen (secondary N) is 1. The van der Waals surface area contributed by atoms with E-state index in [1.165, 1.54) is 16.3 Å². The summed E-state index contributed by atoms with van der Waals surface area (Å²) < 4.78 is 0. The SMILES string of the molecule is Clc1ccc2cc(CN3CCNCC3)ccc2c1. The molecule has 0 amide bonds. The molecule has 0 radical (unpaired) electrons. The fourth-order valence-electron chi connectivity index (χ4n) is 2.49. The van der Waals surface area contributed by atoms with Crippen molar-refractivity contribution in [2.75, 3.05) is 26.2 Å². The van der Waals surface area contributed by atoms with Crippen LogP contribution in [0.4, 0.5) is 0 Å². The van der Waals surface area contributed by atoms with E-state index in [4.69, 9.17) is 11.6 Å². The van der Waals surface area contributed by atoms with Crippen LogP contribution in [-0.4, -0.2) is 31.1 Å². The van der Waals surface area contributed by atoms with Gasteiger partial charge in [-0.05, 0) is 34.5 Å². The van der Waals surface area contributed by atoms with E-state index >= 15 is 0 Å². The highest BCUT2D eigenvalue weighted by molar-refractivity contribution is 6.31. The Morgan fingerprint density at radius 1 is 1.00 bits per heavy atom. The molecular formula is C15H17ClN2. The van der Waals surface area contributed by atoms with Gasteiger partial charge in [0.05, 0.1) is 0 Å². The monoisotopic (exact) mass is 260 g/mol. The maximum atomic E-state index is 6.00. The van der Waals surface area contributed by atoms with Gasteiger partial charge < -0.3 is 5.32 Å². The van der Waals surface area contributed by atoms with Gasteiger partial charge in [-0.15, -0.1) is 0 Å². The number of nitrogens with zero attached hydrogens (tertiary/aromatic N) is 1. The molecule has 1 heterocycles. The number of benzene rings is 2. The molecule has 1 aliphatic heterocycles. The van der Waals surface area contributed by atoms with Crippen molar-refractivity contribution in [2.24, 2.45) is 0 Å². The van der Waals surface area contributed by atoms with Gasteiger partial charge in [0.15, 0.2) is 0 Å². The van der Waals surface area contributed by atoms with Crippen LogP contribution in [0, 0.1) is 0 Å². The highest BCUT2D eigenvalue weighted by Gasteiger charge is 2.09. The van der Waals surface area contributed by atoms with E-state index in [1.807, 2.05) is 12.1 Å². The molecule has 0 saturated carbocycles. The van der Waals surface area contributed by atoms with Gasteiger partial charge in [0.25, 0.3) is 0 Å². The molecule has 0 spiro atoms. The fourth-order valence-corrected chi connectivity index (χ4v) is 2.67. The van der Waals surface area contributed by atoms with Crippen LogP contribution in [0.5, 0.6) is 0 Å². The third-order valence-electron chi connectivity index (χ3n) is 3.48. The fraction of sp³-hybridized carbons (Fsp3) is 0.333. The van der Waals surface area contributed by atoms with E-state index in [0.29, 0.717) is 0 Å². The summed E-state index contributed by atoms with van der Waals surface area (Å²) in [6.07, 6.45) is 0. The summed E-state index contributed by atoms with van der Waals surface area (Å²) in [5, 5.41) is 6.67. The summed E-state index contributed by atoms with van der Waals surface area (Å²) in [6.45, 7) is 5.52. The second-order valence-electron chi connectivity index (χ2n) is 4.85. The first kappa shape index (κ1) is 12.0. The van der Waals surface area contributed by atoms with Crippen LogP contribution in [0.2, 0.25) is 5.02 Å². The Bertz CT molecular complexity index is 547. The van der Waals surface area contributed by atoms with Crippen LogP contribution in [0.25, 0.3) is 10.8 Å². The summed E-state index contributed by atoms with van der Waals surface area (Å²) in [4.78, 5) is 2.49. The van der Waals surface area contributed by atoms with Crippen molar-refractivity contribution >= 4 is 22.4 Å². The number of rotatable bonds is 2. The summed E-state index contributed by atoms with van der Waals surface area (Å²) in [5.41, 5.74) is 1.38. The molecule has 1 fully saturated rings. The lowest BCUT2D eigenvalue weighted by atomic mass is 10.1. The zero-order chi connectivity index (χ0) is 12.4. The second-order valence-corrected chi connectivity index (χ2v) is 5.29. The van der Waals surface area contributed by atoms with Gasteiger partial charge in [0.1, 0.15) is 0 Å². The van der Waals surface area contributed by atoms with Gasteiger partial charge in [-0.25, -0.2) is 0 Å². The number of halogens is 1. The average Bonchev–Trinajstić information content (AvgIpc) is 2.40. The van der Waals surface area contributed by atoms with Gasteiger partial charge in [-0.2, -0.15) is 0 Å². The molecular weight excluding hydrogens is 244 g/mol. The smallest absolute Gasteiger partial charge is 0.0412 e. The minimum absolute atomic E-state index is 0.803. The van der Waals surface area contributed by atoms with E-state index in [0.717, 1.165) is 37.7 Å². The molecule has 1 N–H and O–H groups in total. The summed E-state index contributed by atoms with van der Waals surface area (Å²) in [5.74, 6) is 0. The Labute approximate surface area is 113 Å². The number of hydrogen-bond acceptors (Lipinski definition) is 2. The average molecular weight is 261 g/mol. The molecule has 1 aliphatic rings.